The Labute approximate surface area is 153 Å². The van der Waals surface area contributed by atoms with Crippen molar-refractivity contribution in [2.24, 2.45) is 0 Å². The Hall–Kier alpha value is -2.12. The number of rotatable bonds is 5. The Morgan fingerprint density at radius 1 is 1.12 bits per heavy atom. The highest BCUT2D eigenvalue weighted by Gasteiger charge is 2.29. The van der Waals surface area contributed by atoms with Gasteiger partial charge in [0.05, 0.1) is 10.7 Å². The molecular weight excluding hydrogens is 356 g/mol. The Morgan fingerprint density at radius 3 is 2.52 bits per heavy atom. The number of hydrogen-bond acceptors (Lipinski definition) is 3. The molecule has 2 rings (SSSR count). The molecule has 5 nitrogen and oxygen atoms in total. The van der Waals surface area contributed by atoms with Gasteiger partial charge < -0.3 is 20.2 Å². The Morgan fingerprint density at radius 2 is 1.84 bits per heavy atom. The Kier molecular flexibility index (Phi) is 6.38. The summed E-state index contributed by atoms with van der Waals surface area (Å²) in [6.07, 6.45) is 1.66. The number of anilines is 2. The summed E-state index contributed by atoms with van der Waals surface area (Å²) in [6, 6.07) is 13.6. The highest BCUT2D eigenvalue weighted by Crippen LogP contribution is 2.21. The molecule has 0 saturated heterocycles. The quantitative estimate of drug-likeness (QED) is 0.585. The molecule has 0 unspecified atom stereocenters. The summed E-state index contributed by atoms with van der Waals surface area (Å²) in [7, 11) is -3.37. The van der Waals surface area contributed by atoms with Crippen molar-refractivity contribution in [1.29, 1.82) is 0 Å². The van der Waals surface area contributed by atoms with Gasteiger partial charge in [-0.1, -0.05) is 55.8 Å². The summed E-state index contributed by atoms with van der Waals surface area (Å²) in [5.74, 6) is 0. The van der Waals surface area contributed by atoms with Crippen LogP contribution < -0.4 is 10.6 Å². The fourth-order valence-electron chi connectivity index (χ4n) is 1.98. The molecule has 0 aliphatic rings. The molecule has 0 atom stereocenters. The van der Waals surface area contributed by atoms with E-state index in [-0.39, 0.29) is 5.54 Å². The van der Waals surface area contributed by atoms with Crippen LogP contribution in [-0.4, -0.2) is 24.2 Å². The van der Waals surface area contributed by atoms with Crippen molar-refractivity contribution in [3.05, 3.63) is 64.8 Å². The number of halogens is 1. The van der Waals surface area contributed by atoms with Gasteiger partial charge in [-0.25, -0.2) is 4.79 Å². The molecular formula is C18H21ClN2O3Si. The predicted octanol–water partition coefficient (Wildman–Crippen LogP) is 4.37. The Balaban J connectivity index is 2.05. The topological polar surface area (TPSA) is 81.6 Å². The molecule has 132 valence electrons. The largest absolute Gasteiger partial charge is 0.408 e. The van der Waals surface area contributed by atoms with Crippen LogP contribution >= 0.6 is 11.6 Å². The van der Waals surface area contributed by atoms with Crippen molar-refractivity contribution < 1.29 is 14.4 Å². The third-order valence-corrected chi connectivity index (χ3v) is 6.32. The lowest BCUT2D eigenvalue weighted by Gasteiger charge is -2.17. The normalized spacial score (nSPS) is 11.8. The highest BCUT2D eigenvalue weighted by atomic mass is 35.5. The molecule has 4 N–H and O–H groups in total. The number of para-hydroxylation sites is 1. The van der Waals surface area contributed by atoms with Crippen molar-refractivity contribution >= 4 is 43.6 Å². The van der Waals surface area contributed by atoms with E-state index in [1.54, 1.807) is 62.4 Å². The number of urea groups is 1. The first kappa shape index (κ1) is 19.2. The van der Waals surface area contributed by atoms with Gasteiger partial charge in [0.2, 0.25) is 0 Å². The Bertz CT molecular complexity index is 778. The predicted molar refractivity (Wildman–Crippen MR) is 105 cm³/mol. The van der Waals surface area contributed by atoms with Crippen LogP contribution in [-0.2, 0) is 0 Å². The summed E-state index contributed by atoms with van der Waals surface area (Å²) in [6.45, 7) is 3.54. The average Bonchev–Trinajstić information content (AvgIpc) is 2.55. The van der Waals surface area contributed by atoms with E-state index in [1.165, 1.54) is 5.70 Å². The molecule has 0 radical (unpaired) electrons. The molecule has 0 aromatic heterocycles. The van der Waals surface area contributed by atoms with Crippen LogP contribution in [0.5, 0.6) is 0 Å². The summed E-state index contributed by atoms with van der Waals surface area (Å²) in [5.41, 5.74) is 3.12. The zero-order chi connectivity index (χ0) is 18.4. The first-order valence-corrected chi connectivity index (χ1v) is 10.3. The summed E-state index contributed by atoms with van der Waals surface area (Å²) < 4.78 is 0. The second-order valence-electron chi connectivity index (χ2n) is 5.96. The second-order valence-corrected chi connectivity index (χ2v) is 9.42. The van der Waals surface area contributed by atoms with Crippen LogP contribution in [0.3, 0.4) is 0 Å². The first-order chi connectivity index (χ1) is 11.8. The van der Waals surface area contributed by atoms with Gasteiger partial charge in [-0.05, 0) is 35.5 Å². The van der Waals surface area contributed by atoms with Gasteiger partial charge in [-0.3, -0.25) is 0 Å². The molecule has 0 fully saturated rings. The van der Waals surface area contributed by atoms with E-state index in [4.69, 9.17) is 11.6 Å². The van der Waals surface area contributed by atoms with E-state index in [0.29, 0.717) is 16.4 Å². The molecule has 2 amide bonds. The maximum atomic E-state index is 12.1. The lowest BCUT2D eigenvalue weighted by Crippen LogP contribution is -2.35. The van der Waals surface area contributed by atoms with Gasteiger partial charge in [0.25, 0.3) is 0 Å². The lowest BCUT2D eigenvalue weighted by atomic mass is 10.2. The molecule has 0 aliphatic heterocycles. The maximum absolute atomic E-state index is 12.1. The van der Waals surface area contributed by atoms with Crippen molar-refractivity contribution in [2.75, 3.05) is 10.6 Å². The first-order valence-electron chi connectivity index (χ1n) is 7.84. The van der Waals surface area contributed by atoms with Gasteiger partial charge >= 0.3 is 14.6 Å². The fraction of sp³-hybridized carbons (Fsp3) is 0.167. The monoisotopic (exact) mass is 376 g/mol. The highest BCUT2D eigenvalue weighted by molar-refractivity contribution is 6.72. The fourth-order valence-corrected chi connectivity index (χ4v) is 2.98. The summed E-state index contributed by atoms with van der Waals surface area (Å²) >= 11 is 6.01. The van der Waals surface area contributed by atoms with Crippen molar-refractivity contribution in [1.82, 2.24) is 0 Å². The van der Waals surface area contributed by atoms with Crippen LogP contribution in [0.4, 0.5) is 16.2 Å². The third-order valence-electron chi connectivity index (χ3n) is 3.64. The third kappa shape index (κ3) is 5.72. The van der Waals surface area contributed by atoms with Crippen molar-refractivity contribution in [3.8, 4) is 0 Å². The van der Waals surface area contributed by atoms with Crippen LogP contribution in [0.1, 0.15) is 19.4 Å². The minimum Gasteiger partial charge on any atom is -0.408 e. The van der Waals surface area contributed by atoms with Gasteiger partial charge in [-0.2, -0.15) is 0 Å². The number of nitrogens with one attached hydrogen (secondary N) is 2. The maximum Gasteiger partial charge on any atom is 0.362 e. The molecule has 0 bridgehead atoms. The van der Waals surface area contributed by atoms with E-state index in [0.717, 1.165) is 5.56 Å². The molecule has 0 spiro atoms. The standard InChI is InChI=1S/C18H21ClN2O3Si/c1-13(2)25(23,24)11-10-14-6-5-7-15(12-14)20-18(22)21-17-9-4-3-8-16(17)19/h3-13,23-24H,1-2H3,(H2,20,21,22). The smallest absolute Gasteiger partial charge is 0.362 e. The van der Waals surface area contributed by atoms with Crippen LogP contribution in [0.2, 0.25) is 10.6 Å². The minimum atomic E-state index is -3.37. The van der Waals surface area contributed by atoms with Crippen LogP contribution in [0.15, 0.2) is 54.2 Å². The van der Waals surface area contributed by atoms with Crippen molar-refractivity contribution in [2.45, 2.75) is 19.4 Å². The van der Waals surface area contributed by atoms with Gasteiger partial charge in [0.1, 0.15) is 0 Å². The molecule has 2 aromatic carbocycles. The minimum absolute atomic E-state index is 0.202. The zero-order valence-corrected chi connectivity index (χ0v) is 15.8. The molecule has 2 aromatic rings. The SMILES string of the molecule is CC(C)[Si](O)(O)C=Cc1cccc(NC(=O)Nc2ccccc2Cl)c1. The van der Waals surface area contributed by atoms with Crippen LogP contribution in [0, 0.1) is 0 Å². The van der Waals surface area contributed by atoms with Crippen LogP contribution in [0.25, 0.3) is 6.08 Å². The second kappa shape index (κ2) is 8.31. The number of carbonyl (C=O) groups excluding carboxylic acids is 1. The zero-order valence-electron chi connectivity index (χ0n) is 14.0. The number of amides is 2. The van der Waals surface area contributed by atoms with E-state index in [9.17, 15) is 14.4 Å². The van der Waals surface area contributed by atoms with Gasteiger partial charge in [0.15, 0.2) is 0 Å². The number of benzene rings is 2. The number of hydrogen-bond donors (Lipinski definition) is 4. The lowest BCUT2D eigenvalue weighted by molar-refractivity contribution is 0.262. The molecule has 0 heterocycles. The van der Waals surface area contributed by atoms with Gasteiger partial charge in [0, 0.05) is 11.2 Å². The molecule has 25 heavy (non-hydrogen) atoms. The molecule has 0 aliphatic carbocycles. The molecule has 0 saturated carbocycles. The van der Waals surface area contributed by atoms with E-state index in [2.05, 4.69) is 10.6 Å². The summed E-state index contributed by atoms with van der Waals surface area (Å²) in [5, 5.41) is 5.85. The number of carbonyl (C=O) groups is 1. The van der Waals surface area contributed by atoms with E-state index >= 15 is 0 Å². The molecule has 7 heteroatoms. The van der Waals surface area contributed by atoms with E-state index < -0.39 is 14.6 Å². The summed E-state index contributed by atoms with van der Waals surface area (Å²) in [4.78, 5) is 32.0. The van der Waals surface area contributed by atoms with Crippen molar-refractivity contribution in [3.63, 3.8) is 0 Å². The van der Waals surface area contributed by atoms with Gasteiger partial charge in [-0.15, -0.1) is 0 Å². The van der Waals surface area contributed by atoms with E-state index in [1.807, 2.05) is 6.07 Å². The average molecular weight is 377 g/mol.